The molecular formula is C15H17Cl2NO2. The summed E-state index contributed by atoms with van der Waals surface area (Å²) in [5.41, 5.74) is 1.02. The van der Waals surface area contributed by atoms with Gasteiger partial charge in [0.25, 0.3) is 0 Å². The van der Waals surface area contributed by atoms with Crippen molar-refractivity contribution in [2.45, 2.75) is 18.8 Å². The van der Waals surface area contributed by atoms with E-state index in [1.54, 1.807) is 6.07 Å². The summed E-state index contributed by atoms with van der Waals surface area (Å²) in [6.07, 6.45) is 1.77. The number of carbonyl (C=O) groups excluding carboxylic acids is 1. The number of amides is 1. The van der Waals surface area contributed by atoms with Gasteiger partial charge in [0.2, 0.25) is 5.91 Å². The first-order valence-corrected chi connectivity index (χ1v) is 7.70. The highest BCUT2D eigenvalue weighted by atomic mass is 35.5. The Morgan fingerprint density at radius 3 is 2.85 bits per heavy atom. The molecule has 0 radical (unpaired) electrons. The number of halogens is 2. The van der Waals surface area contributed by atoms with Crippen molar-refractivity contribution < 1.29 is 9.90 Å². The molecule has 1 aliphatic heterocycles. The van der Waals surface area contributed by atoms with Gasteiger partial charge in [0.15, 0.2) is 0 Å². The monoisotopic (exact) mass is 313 g/mol. The maximum atomic E-state index is 12.4. The van der Waals surface area contributed by atoms with E-state index in [9.17, 15) is 4.79 Å². The zero-order valence-corrected chi connectivity index (χ0v) is 12.6. The van der Waals surface area contributed by atoms with Crippen LogP contribution in [0.15, 0.2) is 18.2 Å². The van der Waals surface area contributed by atoms with E-state index in [4.69, 9.17) is 28.3 Å². The topological polar surface area (TPSA) is 40.5 Å². The molecule has 3 unspecified atom stereocenters. The average Bonchev–Trinajstić information content (AvgIpc) is 3.06. The van der Waals surface area contributed by atoms with Gasteiger partial charge in [-0.25, -0.2) is 0 Å². The summed E-state index contributed by atoms with van der Waals surface area (Å²) >= 11 is 12.1. The van der Waals surface area contributed by atoms with Crippen LogP contribution in [0.4, 0.5) is 0 Å². The second-order valence-electron chi connectivity index (χ2n) is 5.74. The molecule has 3 atom stereocenters. The van der Waals surface area contributed by atoms with E-state index in [0.29, 0.717) is 16.6 Å². The number of hydrogen-bond donors (Lipinski definition) is 1. The summed E-state index contributed by atoms with van der Waals surface area (Å²) in [7, 11) is 0. The molecule has 5 heteroatoms. The van der Waals surface area contributed by atoms with Crippen LogP contribution in [0.1, 0.15) is 24.3 Å². The number of carbonyl (C=O) groups is 1. The van der Waals surface area contributed by atoms with Gasteiger partial charge in [0, 0.05) is 41.6 Å². The number of nitrogens with zero attached hydrogens (tertiary/aromatic N) is 1. The van der Waals surface area contributed by atoms with Gasteiger partial charge in [0.05, 0.1) is 0 Å². The van der Waals surface area contributed by atoms with Gasteiger partial charge >= 0.3 is 0 Å². The molecular weight excluding hydrogens is 297 g/mol. The molecule has 3 nitrogen and oxygen atoms in total. The second-order valence-corrected chi connectivity index (χ2v) is 6.58. The molecule has 20 heavy (non-hydrogen) atoms. The fourth-order valence-electron chi connectivity index (χ4n) is 3.03. The Labute approximate surface area is 128 Å². The van der Waals surface area contributed by atoms with Gasteiger partial charge in [-0.2, -0.15) is 0 Å². The Hall–Kier alpha value is -0.770. The van der Waals surface area contributed by atoms with Gasteiger partial charge in [-0.1, -0.05) is 29.3 Å². The second kappa shape index (κ2) is 5.55. The predicted molar refractivity (Wildman–Crippen MR) is 79.1 cm³/mol. The fourth-order valence-corrected chi connectivity index (χ4v) is 3.58. The smallest absolute Gasteiger partial charge is 0.226 e. The van der Waals surface area contributed by atoms with Crippen molar-refractivity contribution in [1.82, 2.24) is 4.90 Å². The maximum absolute atomic E-state index is 12.4. The van der Waals surface area contributed by atoms with Gasteiger partial charge < -0.3 is 10.0 Å². The minimum absolute atomic E-state index is 0.0473. The molecule has 3 rings (SSSR count). The average molecular weight is 314 g/mol. The summed E-state index contributed by atoms with van der Waals surface area (Å²) in [6, 6.07) is 5.47. The van der Waals surface area contributed by atoms with Gasteiger partial charge in [0.1, 0.15) is 0 Å². The number of likely N-dealkylation sites (tertiary alicyclic amines) is 1. The third kappa shape index (κ3) is 2.67. The number of aliphatic hydroxyl groups is 1. The van der Waals surface area contributed by atoms with E-state index in [1.807, 2.05) is 17.0 Å². The lowest BCUT2D eigenvalue weighted by atomic mass is 10.1. The molecule has 1 N–H and O–H groups in total. The Balaban J connectivity index is 1.65. The standard InChI is InChI=1S/C15H17Cl2NO2/c16-10-1-2-11(14(17)5-10)12-6-13(12)15(20)18-4-3-9(7-18)8-19/h1-2,5,9,12-13,19H,3-4,6-8H2. The molecule has 1 amide bonds. The molecule has 2 fully saturated rings. The Morgan fingerprint density at radius 1 is 1.40 bits per heavy atom. The lowest BCUT2D eigenvalue weighted by Gasteiger charge is -2.16. The SMILES string of the molecule is O=C(C1CC1c1ccc(Cl)cc1Cl)N1CCC(CO)C1. The number of benzene rings is 1. The van der Waals surface area contributed by atoms with E-state index in [0.717, 1.165) is 24.9 Å². The van der Waals surface area contributed by atoms with E-state index in [2.05, 4.69) is 0 Å². The van der Waals surface area contributed by atoms with Crippen molar-refractivity contribution >= 4 is 29.1 Å². The highest BCUT2D eigenvalue weighted by Gasteiger charge is 2.47. The molecule has 1 aromatic carbocycles. The first kappa shape index (κ1) is 14.2. The Bertz CT molecular complexity index is 535. The molecule has 2 aliphatic rings. The lowest BCUT2D eigenvalue weighted by Crippen LogP contribution is -2.30. The predicted octanol–water partition coefficient (Wildman–Crippen LogP) is 2.94. The summed E-state index contributed by atoms with van der Waals surface area (Å²) in [5.74, 6) is 0.721. The number of rotatable bonds is 3. The van der Waals surface area contributed by atoms with Crippen LogP contribution < -0.4 is 0 Å². The molecule has 1 saturated heterocycles. The van der Waals surface area contributed by atoms with Gasteiger partial charge in [-0.3, -0.25) is 4.79 Å². The van der Waals surface area contributed by atoms with E-state index in [-0.39, 0.29) is 30.3 Å². The molecule has 1 aromatic rings. The van der Waals surface area contributed by atoms with Crippen LogP contribution in [-0.4, -0.2) is 35.6 Å². The van der Waals surface area contributed by atoms with Crippen molar-refractivity contribution in [2.24, 2.45) is 11.8 Å². The molecule has 1 heterocycles. The highest BCUT2D eigenvalue weighted by Crippen LogP contribution is 2.51. The van der Waals surface area contributed by atoms with Crippen LogP contribution in [0.25, 0.3) is 0 Å². The summed E-state index contributed by atoms with van der Waals surface area (Å²) in [4.78, 5) is 14.3. The summed E-state index contributed by atoms with van der Waals surface area (Å²) in [5, 5.41) is 10.4. The first-order valence-electron chi connectivity index (χ1n) is 6.94. The molecule has 108 valence electrons. The Kier molecular flexibility index (Phi) is 3.93. The fraction of sp³-hybridized carbons (Fsp3) is 0.533. The molecule has 1 aliphatic carbocycles. The third-order valence-electron chi connectivity index (χ3n) is 4.33. The largest absolute Gasteiger partial charge is 0.396 e. The van der Waals surface area contributed by atoms with Crippen LogP contribution in [0.2, 0.25) is 10.0 Å². The number of hydrogen-bond acceptors (Lipinski definition) is 2. The molecule has 1 saturated carbocycles. The van der Waals surface area contributed by atoms with Crippen molar-refractivity contribution in [1.29, 1.82) is 0 Å². The third-order valence-corrected chi connectivity index (χ3v) is 4.89. The van der Waals surface area contributed by atoms with E-state index in [1.165, 1.54) is 0 Å². The maximum Gasteiger partial charge on any atom is 0.226 e. The van der Waals surface area contributed by atoms with Gasteiger partial charge in [-0.05, 0) is 36.5 Å². The normalized spacial score (nSPS) is 28.8. The molecule has 0 bridgehead atoms. The van der Waals surface area contributed by atoms with Crippen molar-refractivity contribution in [3.8, 4) is 0 Å². The van der Waals surface area contributed by atoms with Crippen molar-refractivity contribution in [3.05, 3.63) is 33.8 Å². The van der Waals surface area contributed by atoms with Crippen molar-refractivity contribution in [2.75, 3.05) is 19.7 Å². The molecule has 0 aromatic heterocycles. The van der Waals surface area contributed by atoms with Crippen LogP contribution >= 0.6 is 23.2 Å². The lowest BCUT2D eigenvalue weighted by molar-refractivity contribution is -0.131. The quantitative estimate of drug-likeness (QED) is 0.932. The number of aliphatic hydroxyl groups excluding tert-OH is 1. The van der Waals surface area contributed by atoms with Gasteiger partial charge in [-0.15, -0.1) is 0 Å². The molecule has 0 spiro atoms. The summed E-state index contributed by atoms with van der Waals surface area (Å²) in [6.45, 7) is 1.62. The summed E-state index contributed by atoms with van der Waals surface area (Å²) < 4.78 is 0. The van der Waals surface area contributed by atoms with Crippen LogP contribution in [-0.2, 0) is 4.79 Å². The zero-order valence-electron chi connectivity index (χ0n) is 11.1. The van der Waals surface area contributed by atoms with E-state index >= 15 is 0 Å². The van der Waals surface area contributed by atoms with Crippen LogP contribution in [0, 0.1) is 11.8 Å². The van der Waals surface area contributed by atoms with E-state index < -0.39 is 0 Å². The van der Waals surface area contributed by atoms with Crippen molar-refractivity contribution in [3.63, 3.8) is 0 Å². The minimum atomic E-state index is 0.0473. The van der Waals surface area contributed by atoms with Crippen LogP contribution in [0.5, 0.6) is 0 Å². The highest BCUT2D eigenvalue weighted by molar-refractivity contribution is 6.35. The Morgan fingerprint density at radius 2 is 2.20 bits per heavy atom. The van der Waals surface area contributed by atoms with Crippen LogP contribution in [0.3, 0.4) is 0 Å². The zero-order chi connectivity index (χ0) is 14.3. The minimum Gasteiger partial charge on any atom is -0.396 e. The first-order chi connectivity index (χ1) is 9.60.